The SMILES string of the molecule is Cc1ccc(SC[C@@]2(C(F)F)NC(=O)NC2=O)cc1. The third kappa shape index (κ3) is 2.70. The summed E-state index contributed by atoms with van der Waals surface area (Å²) in [5.41, 5.74) is -1.09. The zero-order chi connectivity index (χ0) is 14.0. The van der Waals surface area contributed by atoms with Crippen LogP contribution in [-0.2, 0) is 4.79 Å². The molecule has 1 aliphatic rings. The normalized spacial score (nSPS) is 22.5. The van der Waals surface area contributed by atoms with E-state index in [0.29, 0.717) is 0 Å². The number of halogens is 2. The first-order valence-electron chi connectivity index (χ1n) is 5.55. The molecule has 1 fully saturated rings. The van der Waals surface area contributed by atoms with Crippen LogP contribution in [0.1, 0.15) is 5.56 Å². The van der Waals surface area contributed by atoms with Crippen molar-refractivity contribution in [2.75, 3.05) is 5.75 Å². The third-order valence-electron chi connectivity index (χ3n) is 2.83. The Labute approximate surface area is 112 Å². The number of nitrogens with one attached hydrogen (secondary N) is 2. The molecule has 102 valence electrons. The summed E-state index contributed by atoms with van der Waals surface area (Å²) < 4.78 is 26.2. The number of aryl methyl sites for hydroxylation is 1. The van der Waals surface area contributed by atoms with Gasteiger partial charge in [0.05, 0.1) is 0 Å². The molecule has 0 spiro atoms. The number of hydrogen-bond acceptors (Lipinski definition) is 3. The molecule has 2 rings (SSSR count). The van der Waals surface area contributed by atoms with Crippen molar-refractivity contribution in [3.05, 3.63) is 29.8 Å². The molecule has 1 saturated heterocycles. The Morgan fingerprint density at radius 2 is 1.89 bits per heavy atom. The van der Waals surface area contributed by atoms with E-state index >= 15 is 0 Å². The molecule has 0 aliphatic carbocycles. The highest BCUT2D eigenvalue weighted by Crippen LogP contribution is 2.29. The number of thioether (sulfide) groups is 1. The molecule has 0 bridgehead atoms. The first kappa shape index (κ1) is 13.8. The molecule has 0 unspecified atom stereocenters. The van der Waals surface area contributed by atoms with Gasteiger partial charge in [-0.25, -0.2) is 13.6 Å². The monoisotopic (exact) mass is 286 g/mol. The average Bonchev–Trinajstić information content (AvgIpc) is 2.64. The number of urea groups is 1. The van der Waals surface area contributed by atoms with Gasteiger partial charge in [-0.05, 0) is 19.1 Å². The molecule has 0 radical (unpaired) electrons. The van der Waals surface area contributed by atoms with Gasteiger partial charge in [0.25, 0.3) is 12.3 Å². The Balaban J connectivity index is 2.12. The molecule has 19 heavy (non-hydrogen) atoms. The van der Waals surface area contributed by atoms with Gasteiger partial charge < -0.3 is 5.32 Å². The summed E-state index contributed by atoms with van der Waals surface area (Å²) >= 11 is 1.10. The van der Waals surface area contributed by atoms with E-state index in [9.17, 15) is 18.4 Å². The van der Waals surface area contributed by atoms with Crippen molar-refractivity contribution in [2.24, 2.45) is 0 Å². The number of carbonyl (C=O) groups is 2. The number of rotatable bonds is 4. The second-order valence-corrected chi connectivity index (χ2v) is 5.33. The zero-order valence-corrected chi connectivity index (χ0v) is 10.9. The van der Waals surface area contributed by atoms with Crippen molar-refractivity contribution < 1.29 is 18.4 Å². The maximum atomic E-state index is 13.1. The highest BCUT2D eigenvalue weighted by Gasteiger charge is 2.53. The van der Waals surface area contributed by atoms with Gasteiger partial charge in [-0.1, -0.05) is 17.7 Å². The van der Waals surface area contributed by atoms with Crippen molar-refractivity contribution in [3.8, 4) is 0 Å². The van der Waals surface area contributed by atoms with E-state index < -0.39 is 23.9 Å². The molecule has 1 aromatic carbocycles. The van der Waals surface area contributed by atoms with Gasteiger partial charge in [0, 0.05) is 10.6 Å². The minimum absolute atomic E-state index is 0.217. The van der Waals surface area contributed by atoms with E-state index in [0.717, 1.165) is 22.2 Å². The third-order valence-corrected chi connectivity index (χ3v) is 4.03. The van der Waals surface area contributed by atoms with Crippen LogP contribution in [0.4, 0.5) is 13.6 Å². The van der Waals surface area contributed by atoms with Crippen LogP contribution in [0.3, 0.4) is 0 Å². The first-order valence-corrected chi connectivity index (χ1v) is 6.54. The smallest absolute Gasteiger partial charge is 0.318 e. The Morgan fingerprint density at radius 1 is 1.26 bits per heavy atom. The molecular formula is C12H12F2N2O2S. The molecule has 1 aromatic rings. The average molecular weight is 286 g/mol. The molecule has 3 amide bonds. The predicted octanol–water partition coefficient (Wildman–Crippen LogP) is 1.93. The van der Waals surface area contributed by atoms with Crippen molar-refractivity contribution in [2.45, 2.75) is 23.8 Å². The standard InChI is InChI=1S/C12H12F2N2O2S/c1-7-2-4-8(5-3-7)19-6-12(9(13)14)10(17)15-11(18)16-12/h2-5,9H,6H2,1H3,(H2,15,16,17,18)/t12-/m0/s1. The van der Waals surface area contributed by atoms with E-state index in [2.05, 4.69) is 0 Å². The van der Waals surface area contributed by atoms with Gasteiger partial charge >= 0.3 is 6.03 Å². The van der Waals surface area contributed by atoms with E-state index in [4.69, 9.17) is 0 Å². The highest BCUT2D eigenvalue weighted by molar-refractivity contribution is 7.99. The largest absolute Gasteiger partial charge is 0.322 e. The van der Waals surface area contributed by atoms with Crippen molar-refractivity contribution in [1.29, 1.82) is 0 Å². The highest BCUT2D eigenvalue weighted by atomic mass is 32.2. The minimum atomic E-state index is -2.96. The molecule has 2 N–H and O–H groups in total. The van der Waals surface area contributed by atoms with Gasteiger partial charge in [-0.15, -0.1) is 11.8 Å². The lowest BCUT2D eigenvalue weighted by Crippen LogP contribution is -2.55. The number of carbonyl (C=O) groups excluding carboxylic acids is 2. The maximum absolute atomic E-state index is 13.1. The topological polar surface area (TPSA) is 58.2 Å². The Kier molecular flexibility index (Phi) is 3.75. The minimum Gasteiger partial charge on any atom is -0.318 e. The lowest BCUT2D eigenvalue weighted by Gasteiger charge is -2.24. The second-order valence-electron chi connectivity index (χ2n) is 4.28. The van der Waals surface area contributed by atoms with Crippen molar-refractivity contribution >= 4 is 23.7 Å². The van der Waals surface area contributed by atoms with Gasteiger partial charge in [0.2, 0.25) is 0 Å². The summed E-state index contributed by atoms with van der Waals surface area (Å²) in [6, 6.07) is 6.40. The van der Waals surface area contributed by atoms with Crippen LogP contribution < -0.4 is 10.6 Å². The fraction of sp³-hybridized carbons (Fsp3) is 0.333. The van der Waals surface area contributed by atoms with Crippen molar-refractivity contribution in [3.63, 3.8) is 0 Å². The van der Waals surface area contributed by atoms with Crippen LogP contribution in [-0.4, -0.2) is 29.7 Å². The van der Waals surface area contributed by atoms with Crippen molar-refractivity contribution in [1.82, 2.24) is 10.6 Å². The Morgan fingerprint density at radius 3 is 2.37 bits per heavy atom. The molecule has 1 aliphatic heterocycles. The summed E-state index contributed by atoms with van der Waals surface area (Å²) in [5.74, 6) is -1.20. The number of imide groups is 1. The molecule has 4 nitrogen and oxygen atoms in total. The number of amides is 3. The van der Waals surface area contributed by atoms with Crippen LogP contribution in [0.2, 0.25) is 0 Å². The number of hydrogen-bond donors (Lipinski definition) is 2. The fourth-order valence-corrected chi connectivity index (χ4v) is 2.71. The summed E-state index contributed by atoms with van der Waals surface area (Å²) in [6.07, 6.45) is -2.96. The molecule has 1 atom stereocenters. The number of benzene rings is 1. The summed E-state index contributed by atoms with van der Waals surface area (Å²) in [5, 5.41) is 3.88. The number of alkyl halides is 2. The van der Waals surface area contributed by atoms with Gasteiger partial charge in [0.15, 0.2) is 5.54 Å². The van der Waals surface area contributed by atoms with Gasteiger partial charge in [-0.2, -0.15) is 0 Å². The molecule has 0 saturated carbocycles. The first-order chi connectivity index (χ1) is 8.94. The van der Waals surface area contributed by atoms with Gasteiger partial charge in [0.1, 0.15) is 0 Å². The van der Waals surface area contributed by atoms with E-state index in [-0.39, 0.29) is 5.75 Å². The van der Waals surface area contributed by atoms with Crippen LogP contribution in [0.25, 0.3) is 0 Å². The maximum Gasteiger partial charge on any atom is 0.322 e. The predicted molar refractivity (Wildman–Crippen MR) is 67.3 cm³/mol. The Bertz CT molecular complexity index is 507. The Hall–Kier alpha value is -1.63. The van der Waals surface area contributed by atoms with E-state index in [1.54, 1.807) is 12.1 Å². The van der Waals surface area contributed by atoms with Crippen LogP contribution in [0, 0.1) is 6.92 Å². The zero-order valence-electron chi connectivity index (χ0n) is 10.1. The van der Waals surface area contributed by atoms with Gasteiger partial charge in [-0.3, -0.25) is 10.1 Å². The second kappa shape index (κ2) is 5.16. The molecule has 7 heteroatoms. The molecule has 0 aromatic heterocycles. The molecule has 1 heterocycles. The summed E-state index contributed by atoms with van der Waals surface area (Å²) in [4.78, 5) is 23.3. The van der Waals surface area contributed by atoms with E-state index in [1.807, 2.05) is 29.7 Å². The fourth-order valence-electron chi connectivity index (χ4n) is 1.66. The van der Waals surface area contributed by atoms with Crippen LogP contribution in [0.5, 0.6) is 0 Å². The van der Waals surface area contributed by atoms with Crippen LogP contribution in [0.15, 0.2) is 29.2 Å². The quantitative estimate of drug-likeness (QED) is 0.657. The lowest BCUT2D eigenvalue weighted by molar-refractivity contribution is -0.128. The van der Waals surface area contributed by atoms with E-state index in [1.165, 1.54) is 0 Å². The molecular weight excluding hydrogens is 274 g/mol. The summed E-state index contributed by atoms with van der Waals surface area (Å²) in [7, 11) is 0. The summed E-state index contributed by atoms with van der Waals surface area (Å²) in [6.45, 7) is 1.92. The lowest BCUT2D eigenvalue weighted by atomic mass is 10.0. The van der Waals surface area contributed by atoms with Crippen LogP contribution >= 0.6 is 11.8 Å².